The van der Waals surface area contributed by atoms with Gasteiger partial charge in [-0.15, -0.1) is 0 Å². The molecule has 14 heavy (non-hydrogen) atoms. The van der Waals surface area contributed by atoms with E-state index < -0.39 is 0 Å². The minimum absolute atomic E-state index is 0.775. The van der Waals surface area contributed by atoms with E-state index in [0.717, 1.165) is 17.8 Å². The fourth-order valence-corrected chi connectivity index (χ4v) is 1.40. The Kier molecular flexibility index (Phi) is 2.50. The Bertz CT molecular complexity index is 398. The lowest BCUT2D eigenvalue weighted by Gasteiger charge is -2.02. The van der Waals surface area contributed by atoms with Crippen LogP contribution in [0.1, 0.15) is 11.3 Å². The molecule has 0 amide bonds. The summed E-state index contributed by atoms with van der Waals surface area (Å²) in [5.74, 6) is 0.957. The predicted molar refractivity (Wildman–Crippen MR) is 57.9 cm³/mol. The third-order valence-electron chi connectivity index (χ3n) is 2.15. The summed E-state index contributed by atoms with van der Waals surface area (Å²) in [6.07, 6.45) is 2.46. The summed E-state index contributed by atoms with van der Waals surface area (Å²) in [6, 6.07) is 14.0. The number of benzene rings is 1. The van der Waals surface area contributed by atoms with E-state index in [1.807, 2.05) is 30.3 Å². The lowest BCUT2D eigenvalue weighted by atomic mass is 10.0. The van der Waals surface area contributed by atoms with Crippen molar-refractivity contribution in [3.8, 4) is 0 Å². The second-order valence-corrected chi connectivity index (χ2v) is 3.23. The van der Waals surface area contributed by atoms with Gasteiger partial charge in [0, 0.05) is 6.42 Å². The largest absolute Gasteiger partial charge is 0.469 e. The zero-order valence-corrected chi connectivity index (χ0v) is 7.94. The molecule has 0 fully saturated rings. The van der Waals surface area contributed by atoms with Gasteiger partial charge in [0.2, 0.25) is 0 Å². The standard InChI is InChI=1S/C13H12O/c1-11(10-13-8-5-9-14-13)12-6-3-2-4-7-12/h2-9H,1,10H2. The maximum atomic E-state index is 5.26. The van der Waals surface area contributed by atoms with E-state index in [-0.39, 0.29) is 0 Å². The van der Waals surface area contributed by atoms with Crippen molar-refractivity contribution < 1.29 is 4.42 Å². The molecule has 0 spiro atoms. The smallest absolute Gasteiger partial charge is 0.108 e. The van der Waals surface area contributed by atoms with Crippen molar-refractivity contribution in [2.24, 2.45) is 0 Å². The predicted octanol–water partition coefficient (Wildman–Crippen LogP) is 3.54. The molecular weight excluding hydrogens is 172 g/mol. The molecule has 0 bridgehead atoms. The van der Waals surface area contributed by atoms with Crippen molar-refractivity contribution in [1.29, 1.82) is 0 Å². The van der Waals surface area contributed by atoms with E-state index in [1.165, 1.54) is 5.56 Å². The van der Waals surface area contributed by atoms with Crippen LogP contribution in [0.2, 0.25) is 0 Å². The van der Waals surface area contributed by atoms with Crippen molar-refractivity contribution in [2.45, 2.75) is 6.42 Å². The maximum Gasteiger partial charge on any atom is 0.108 e. The van der Waals surface area contributed by atoms with Gasteiger partial charge in [-0.25, -0.2) is 0 Å². The Labute approximate surface area is 83.7 Å². The lowest BCUT2D eigenvalue weighted by molar-refractivity contribution is 0.525. The summed E-state index contributed by atoms with van der Waals surface area (Å²) in [6.45, 7) is 4.04. The van der Waals surface area contributed by atoms with E-state index in [2.05, 4.69) is 18.7 Å². The van der Waals surface area contributed by atoms with Gasteiger partial charge in [-0.05, 0) is 23.3 Å². The number of hydrogen-bond donors (Lipinski definition) is 0. The molecule has 1 aromatic carbocycles. The molecule has 0 unspecified atom stereocenters. The molecule has 2 rings (SSSR count). The third kappa shape index (κ3) is 1.94. The molecule has 1 aromatic heterocycles. The Morgan fingerprint density at radius 3 is 2.50 bits per heavy atom. The van der Waals surface area contributed by atoms with E-state index >= 15 is 0 Å². The highest BCUT2D eigenvalue weighted by molar-refractivity contribution is 5.64. The first-order chi connectivity index (χ1) is 6.86. The highest BCUT2D eigenvalue weighted by Crippen LogP contribution is 2.17. The SMILES string of the molecule is C=C(Cc1ccco1)c1ccccc1. The fourth-order valence-electron chi connectivity index (χ4n) is 1.40. The van der Waals surface area contributed by atoms with Crippen LogP contribution in [0, 0.1) is 0 Å². The minimum atomic E-state index is 0.775. The molecule has 2 aromatic rings. The van der Waals surface area contributed by atoms with Gasteiger partial charge in [0.15, 0.2) is 0 Å². The van der Waals surface area contributed by atoms with Crippen LogP contribution >= 0.6 is 0 Å². The van der Waals surface area contributed by atoms with Gasteiger partial charge < -0.3 is 4.42 Å². The topological polar surface area (TPSA) is 13.1 Å². The van der Waals surface area contributed by atoms with Crippen molar-refractivity contribution >= 4 is 5.57 Å². The van der Waals surface area contributed by atoms with Crippen LogP contribution in [0.4, 0.5) is 0 Å². The first-order valence-corrected chi connectivity index (χ1v) is 4.62. The summed E-state index contributed by atoms with van der Waals surface area (Å²) < 4.78 is 5.26. The number of rotatable bonds is 3. The molecular formula is C13H12O. The molecule has 0 saturated heterocycles. The summed E-state index contributed by atoms with van der Waals surface area (Å²) in [5.41, 5.74) is 2.25. The Hall–Kier alpha value is -1.76. The van der Waals surface area contributed by atoms with Gasteiger partial charge >= 0.3 is 0 Å². The van der Waals surface area contributed by atoms with Crippen molar-refractivity contribution in [2.75, 3.05) is 0 Å². The first kappa shape index (κ1) is 8.82. The summed E-state index contributed by atoms with van der Waals surface area (Å²) in [5, 5.41) is 0. The van der Waals surface area contributed by atoms with Crippen molar-refractivity contribution in [1.82, 2.24) is 0 Å². The highest BCUT2D eigenvalue weighted by Gasteiger charge is 2.01. The van der Waals surface area contributed by atoms with Gasteiger partial charge in [0.25, 0.3) is 0 Å². The molecule has 0 saturated carbocycles. The molecule has 70 valence electrons. The molecule has 0 aliphatic carbocycles. The third-order valence-corrected chi connectivity index (χ3v) is 2.15. The average molecular weight is 184 g/mol. The Balaban J connectivity index is 2.11. The highest BCUT2D eigenvalue weighted by atomic mass is 16.3. The van der Waals surface area contributed by atoms with Gasteiger partial charge in [0.1, 0.15) is 5.76 Å². The molecule has 1 nitrogen and oxygen atoms in total. The second-order valence-electron chi connectivity index (χ2n) is 3.23. The molecule has 1 heteroatoms. The molecule has 1 heterocycles. The van der Waals surface area contributed by atoms with Crippen LogP contribution < -0.4 is 0 Å². The monoisotopic (exact) mass is 184 g/mol. The summed E-state index contributed by atoms with van der Waals surface area (Å²) in [4.78, 5) is 0. The zero-order chi connectivity index (χ0) is 9.80. The van der Waals surface area contributed by atoms with Gasteiger partial charge in [0.05, 0.1) is 6.26 Å². The number of furan rings is 1. The van der Waals surface area contributed by atoms with Crippen LogP contribution in [0.25, 0.3) is 5.57 Å². The van der Waals surface area contributed by atoms with Crippen molar-refractivity contribution in [3.63, 3.8) is 0 Å². The Morgan fingerprint density at radius 2 is 1.86 bits per heavy atom. The zero-order valence-electron chi connectivity index (χ0n) is 7.94. The van der Waals surface area contributed by atoms with Gasteiger partial charge in [-0.3, -0.25) is 0 Å². The fraction of sp³-hybridized carbons (Fsp3) is 0.0769. The number of allylic oxidation sites excluding steroid dienone is 1. The maximum absolute atomic E-state index is 5.26. The van der Waals surface area contributed by atoms with Gasteiger partial charge in [-0.1, -0.05) is 36.9 Å². The van der Waals surface area contributed by atoms with E-state index in [0.29, 0.717) is 0 Å². The summed E-state index contributed by atoms with van der Waals surface area (Å²) in [7, 11) is 0. The molecule has 0 atom stereocenters. The van der Waals surface area contributed by atoms with E-state index in [9.17, 15) is 0 Å². The molecule has 0 radical (unpaired) electrons. The van der Waals surface area contributed by atoms with Crippen LogP contribution in [0.5, 0.6) is 0 Å². The van der Waals surface area contributed by atoms with E-state index in [4.69, 9.17) is 4.42 Å². The average Bonchev–Trinajstić information content (AvgIpc) is 2.72. The van der Waals surface area contributed by atoms with Crippen LogP contribution in [0.15, 0.2) is 59.7 Å². The lowest BCUT2D eigenvalue weighted by Crippen LogP contribution is -1.86. The number of hydrogen-bond acceptors (Lipinski definition) is 1. The van der Waals surface area contributed by atoms with Crippen LogP contribution in [-0.4, -0.2) is 0 Å². The summed E-state index contributed by atoms with van der Waals surface area (Å²) >= 11 is 0. The van der Waals surface area contributed by atoms with Crippen molar-refractivity contribution in [3.05, 3.63) is 66.6 Å². The molecule has 0 aliphatic rings. The first-order valence-electron chi connectivity index (χ1n) is 4.62. The normalized spacial score (nSPS) is 10.0. The quantitative estimate of drug-likeness (QED) is 0.711. The molecule has 0 aliphatic heterocycles. The van der Waals surface area contributed by atoms with E-state index in [1.54, 1.807) is 6.26 Å². The van der Waals surface area contributed by atoms with Crippen LogP contribution in [-0.2, 0) is 6.42 Å². The van der Waals surface area contributed by atoms with Crippen LogP contribution in [0.3, 0.4) is 0 Å². The van der Waals surface area contributed by atoms with Gasteiger partial charge in [-0.2, -0.15) is 0 Å². The Morgan fingerprint density at radius 1 is 1.07 bits per heavy atom. The second kappa shape index (κ2) is 3.97. The molecule has 0 N–H and O–H groups in total. The minimum Gasteiger partial charge on any atom is -0.469 e.